The van der Waals surface area contributed by atoms with E-state index in [1.807, 2.05) is 0 Å². The van der Waals surface area contributed by atoms with Crippen molar-refractivity contribution in [3.8, 4) is 0 Å². The molecule has 156 valence electrons. The molecule has 2 heterocycles. The summed E-state index contributed by atoms with van der Waals surface area (Å²) in [5.41, 5.74) is 4.56. The van der Waals surface area contributed by atoms with E-state index in [9.17, 15) is 4.79 Å². The minimum absolute atomic E-state index is 0.0807. The van der Waals surface area contributed by atoms with Crippen LogP contribution in [0.4, 0.5) is 5.69 Å². The van der Waals surface area contributed by atoms with Gasteiger partial charge in [-0.1, -0.05) is 31.4 Å². The van der Waals surface area contributed by atoms with Gasteiger partial charge in [-0.3, -0.25) is 9.69 Å². The van der Waals surface area contributed by atoms with Gasteiger partial charge >= 0.3 is 0 Å². The third-order valence-corrected chi connectivity index (χ3v) is 6.63. The minimum atomic E-state index is 0.0807. The van der Waals surface area contributed by atoms with Gasteiger partial charge in [-0.2, -0.15) is 0 Å². The largest absolute Gasteiger partial charge is 0.372 e. The first-order valence-electron chi connectivity index (χ1n) is 11.4. The molecule has 1 saturated carbocycles. The molecule has 1 aromatic carbocycles. The lowest BCUT2D eigenvalue weighted by Gasteiger charge is -2.29. The Hall–Kier alpha value is -2.14. The van der Waals surface area contributed by atoms with Crippen molar-refractivity contribution in [3.05, 3.63) is 57.3 Å². The molecule has 1 N–H and O–H groups in total. The maximum atomic E-state index is 12.8. The highest BCUT2D eigenvalue weighted by Gasteiger charge is 2.24. The fraction of sp³-hybridized carbons (Fsp3) is 0.583. The minimum Gasteiger partial charge on any atom is -0.372 e. The summed E-state index contributed by atoms with van der Waals surface area (Å²) in [5, 5.41) is 0. The fourth-order valence-electron chi connectivity index (χ4n) is 4.86. The summed E-state index contributed by atoms with van der Waals surface area (Å²) >= 11 is 0. The SMILES string of the molecule is CCN(CC)c1ccc(CN2CCc3nc(C4CCCCC4)[nH]c(=O)c3C2)cc1. The van der Waals surface area contributed by atoms with Crippen LogP contribution in [0.5, 0.6) is 0 Å². The van der Waals surface area contributed by atoms with E-state index >= 15 is 0 Å². The van der Waals surface area contributed by atoms with Gasteiger partial charge in [0.1, 0.15) is 5.82 Å². The average molecular weight is 395 g/mol. The zero-order valence-corrected chi connectivity index (χ0v) is 17.9. The highest BCUT2D eigenvalue weighted by Crippen LogP contribution is 2.31. The summed E-state index contributed by atoms with van der Waals surface area (Å²) in [6.07, 6.45) is 7.03. The number of anilines is 1. The molecule has 1 aromatic heterocycles. The highest BCUT2D eigenvalue weighted by molar-refractivity contribution is 5.47. The molecule has 5 nitrogen and oxygen atoms in total. The molecular formula is C24H34N4O. The van der Waals surface area contributed by atoms with Crippen LogP contribution >= 0.6 is 0 Å². The van der Waals surface area contributed by atoms with Gasteiger partial charge in [-0.15, -0.1) is 0 Å². The number of aromatic nitrogens is 2. The predicted molar refractivity (Wildman–Crippen MR) is 119 cm³/mol. The van der Waals surface area contributed by atoms with Gasteiger partial charge in [0.25, 0.3) is 5.56 Å². The second kappa shape index (κ2) is 9.12. The normalized spacial score (nSPS) is 17.9. The topological polar surface area (TPSA) is 52.2 Å². The van der Waals surface area contributed by atoms with E-state index in [-0.39, 0.29) is 5.56 Å². The number of rotatable bonds is 6. The van der Waals surface area contributed by atoms with Crippen LogP contribution in [0.2, 0.25) is 0 Å². The summed E-state index contributed by atoms with van der Waals surface area (Å²) in [6.45, 7) is 8.96. The molecule has 5 heteroatoms. The summed E-state index contributed by atoms with van der Waals surface area (Å²) in [6, 6.07) is 8.87. The van der Waals surface area contributed by atoms with Crippen molar-refractivity contribution in [2.24, 2.45) is 0 Å². The zero-order valence-electron chi connectivity index (χ0n) is 17.9. The maximum absolute atomic E-state index is 12.8. The Labute approximate surface area is 174 Å². The van der Waals surface area contributed by atoms with E-state index in [4.69, 9.17) is 4.98 Å². The number of benzene rings is 1. The standard InChI is InChI=1S/C24H34N4O/c1-3-28(4-2)20-12-10-18(11-13-20)16-27-15-14-22-21(17-27)24(29)26-23(25-22)19-8-6-5-7-9-19/h10-13,19H,3-9,14-17H2,1-2H3,(H,25,26,29). The molecule has 29 heavy (non-hydrogen) atoms. The van der Waals surface area contributed by atoms with Crippen molar-refractivity contribution < 1.29 is 0 Å². The van der Waals surface area contributed by atoms with Gasteiger partial charge in [-0.25, -0.2) is 4.98 Å². The van der Waals surface area contributed by atoms with Gasteiger partial charge in [0.15, 0.2) is 0 Å². The number of nitrogens with zero attached hydrogens (tertiary/aromatic N) is 3. The second-order valence-electron chi connectivity index (χ2n) is 8.51. The molecule has 0 spiro atoms. The lowest BCUT2D eigenvalue weighted by atomic mass is 9.88. The van der Waals surface area contributed by atoms with Crippen LogP contribution < -0.4 is 10.5 Å². The fourth-order valence-corrected chi connectivity index (χ4v) is 4.86. The number of hydrogen-bond donors (Lipinski definition) is 1. The van der Waals surface area contributed by atoms with E-state index in [2.05, 4.69) is 52.9 Å². The Morgan fingerprint density at radius 1 is 1.10 bits per heavy atom. The molecule has 0 amide bonds. The number of nitrogens with one attached hydrogen (secondary N) is 1. The number of H-pyrrole nitrogens is 1. The predicted octanol–water partition coefficient (Wildman–Crippen LogP) is 4.22. The van der Waals surface area contributed by atoms with Crippen LogP contribution in [0.1, 0.15) is 74.5 Å². The van der Waals surface area contributed by atoms with E-state index in [0.29, 0.717) is 12.5 Å². The smallest absolute Gasteiger partial charge is 0.255 e. The Morgan fingerprint density at radius 3 is 2.52 bits per heavy atom. The first-order valence-corrected chi connectivity index (χ1v) is 11.4. The third-order valence-electron chi connectivity index (χ3n) is 6.63. The second-order valence-corrected chi connectivity index (χ2v) is 8.51. The van der Waals surface area contributed by atoms with Crippen LogP contribution in [0, 0.1) is 0 Å². The Morgan fingerprint density at radius 2 is 1.83 bits per heavy atom. The summed E-state index contributed by atoms with van der Waals surface area (Å²) in [7, 11) is 0. The molecule has 1 aliphatic carbocycles. The van der Waals surface area contributed by atoms with Gasteiger partial charge in [-0.05, 0) is 44.4 Å². The Bertz CT molecular complexity index is 863. The summed E-state index contributed by atoms with van der Waals surface area (Å²) in [5.74, 6) is 1.39. The van der Waals surface area contributed by atoms with E-state index < -0.39 is 0 Å². The Balaban J connectivity index is 1.44. The molecule has 1 fully saturated rings. The van der Waals surface area contributed by atoms with E-state index in [1.54, 1.807) is 0 Å². The molecule has 0 radical (unpaired) electrons. The zero-order chi connectivity index (χ0) is 20.2. The number of hydrogen-bond acceptors (Lipinski definition) is 4. The maximum Gasteiger partial charge on any atom is 0.255 e. The average Bonchev–Trinajstić information content (AvgIpc) is 2.77. The number of fused-ring (bicyclic) bond motifs is 1. The molecular weight excluding hydrogens is 360 g/mol. The monoisotopic (exact) mass is 394 g/mol. The first kappa shape index (κ1) is 20.1. The van der Waals surface area contributed by atoms with Crippen LogP contribution in [0.25, 0.3) is 0 Å². The third kappa shape index (κ3) is 4.55. The Kier molecular flexibility index (Phi) is 6.34. The van der Waals surface area contributed by atoms with Crippen LogP contribution in [0.15, 0.2) is 29.1 Å². The van der Waals surface area contributed by atoms with Crippen molar-refractivity contribution in [3.63, 3.8) is 0 Å². The lowest BCUT2D eigenvalue weighted by molar-refractivity contribution is 0.241. The van der Waals surface area contributed by atoms with Crippen LogP contribution in [-0.4, -0.2) is 34.5 Å². The summed E-state index contributed by atoms with van der Waals surface area (Å²) in [4.78, 5) is 25.5. The van der Waals surface area contributed by atoms with E-state index in [0.717, 1.165) is 62.5 Å². The van der Waals surface area contributed by atoms with Gasteiger partial charge in [0, 0.05) is 50.7 Å². The highest BCUT2D eigenvalue weighted by atomic mass is 16.1. The van der Waals surface area contributed by atoms with Crippen LogP contribution in [0.3, 0.4) is 0 Å². The van der Waals surface area contributed by atoms with Crippen molar-refractivity contribution in [1.29, 1.82) is 0 Å². The molecule has 2 aliphatic rings. The quantitative estimate of drug-likeness (QED) is 0.797. The van der Waals surface area contributed by atoms with Crippen molar-refractivity contribution in [2.45, 2.75) is 71.4 Å². The van der Waals surface area contributed by atoms with Gasteiger partial charge in [0.05, 0.1) is 11.3 Å². The number of aromatic amines is 1. The van der Waals surface area contributed by atoms with Gasteiger partial charge < -0.3 is 9.88 Å². The van der Waals surface area contributed by atoms with Crippen molar-refractivity contribution >= 4 is 5.69 Å². The van der Waals surface area contributed by atoms with Crippen LogP contribution in [-0.2, 0) is 19.5 Å². The molecule has 0 bridgehead atoms. The molecule has 0 saturated heterocycles. The molecule has 4 rings (SSSR count). The van der Waals surface area contributed by atoms with Crippen molar-refractivity contribution in [2.75, 3.05) is 24.5 Å². The molecule has 2 aromatic rings. The summed E-state index contributed by atoms with van der Waals surface area (Å²) < 4.78 is 0. The van der Waals surface area contributed by atoms with E-state index in [1.165, 1.54) is 30.5 Å². The molecule has 0 unspecified atom stereocenters. The first-order chi connectivity index (χ1) is 14.2. The molecule has 1 aliphatic heterocycles. The van der Waals surface area contributed by atoms with Crippen molar-refractivity contribution in [1.82, 2.24) is 14.9 Å². The van der Waals surface area contributed by atoms with Gasteiger partial charge in [0.2, 0.25) is 0 Å². The lowest BCUT2D eigenvalue weighted by Crippen LogP contribution is -2.36. The molecule has 0 atom stereocenters.